The minimum Gasteiger partial charge on any atom is -0.339 e. The fourth-order valence-corrected chi connectivity index (χ4v) is 4.12. The van der Waals surface area contributed by atoms with Crippen molar-refractivity contribution in [3.05, 3.63) is 101 Å². The normalized spacial score (nSPS) is 14.5. The van der Waals surface area contributed by atoms with Crippen molar-refractivity contribution in [3.8, 4) is 0 Å². The minimum absolute atomic E-state index is 0.105. The van der Waals surface area contributed by atoms with Gasteiger partial charge in [-0.1, -0.05) is 60.2 Å². The van der Waals surface area contributed by atoms with E-state index in [1.165, 1.54) is 6.42 Å². The maximum Gasteiger partial charge on any atom is 0.253 e. The monoisotopic (exact) mass is 441 g/mol. The summed E-state index contributed by atoms with van der Waals surface area (Å²) >= 11 is 0. The highest BCUT2D eigenvalue weighted by atomic mass is 16.2. The van der Waals surface area contributed by atoms with Crippen molar-refractivity contribution < 1.29 is 9.59 Å². The molecule has 0 spiro atoms. The Morgan fingerprint density at radius 2 is 1.52 bits per heavy atom. The summed E-state index contributed by atoms with van der Waals surface area (Å²) in [5.41, 5.74) is 4.56. The molecule has 0 radical (unpaired) electrons. The molecule has 0 unspecified atom stereocenters. The summed E-state index contributed by atoms with van der Waals surface area (Å²) in [5.74, 6) is -0.00389. The number of benzene rings is 3. The average Bonchev–Trinajstić information content (AvgIpc) is 2.87. The zero-order chi connectivity index (χ0) is 23.0. The molecule has 5 heteroatoms. The molecule has 1 aliphatic heterocycles. The van der Waals surface area contributed by atoms with Crippen LogP contribution in [0.1, 0.15) is 52.4 Å². The molecule has 1 fully saturated rings. The molecule has 0 aromatic heterocycles. The number of carbonyl (C=O) groups is 2. The lowest BCUT2D eigenvalue weighted by atomic mass is 10.0. The van der Waals surface area contributed by atoms with Gasteiger partial charge in [0.05, 0.1) is 0 Å². The highest BCUT2D eigenvalue weighted by Gasteiger charge is 2.21. The molecule has 1 aliphatic rings. The van der Waals surface area contributed by atoms with Crippen LogP contribution < -0.4 is 10.6 Å². The second kappa shape index (κ2) is 10.9. The highest BCUT2D eigenvalue weighted by molar-refractivity contribution is 5.95. The number of hydrogen-bond acceptors (Lipinski definition) is 3. The summed E-state index contributed by atoms with van der Waals surface area (Å²) in [4.78, 5) is 27.8. The van der Waals surface area contributed by atoms with Gasteiger partial charge in [-0.25, -0.2) is 0 Å². The van der Waals surface area contributed by atoms with E-state index in [9.17, 15) is 9.59 Å². The van der Waals surface area contributed by atoms with E-state index in [1.807, 2.05) is 90.7 Å². The van der Waals surface area contributed by atoms with Crippen molar-refractivity contribution in [1.29, 1.82) is 0 Å². The van der Waals surface area contributed by atoms with Gasteiger partial charge in [0.1, 0.15) is 6.04 Å². The fourth-order valence-electron chi connectivity index (χ4n) is 4.12. The number of piperidine rings is 1. The van der Waals surface area contributed by atoms with Crippen LogP contribution in [0.25, 0.3) is 0 Å². The minimum atomic E-state index is -0.498. The van der Waals surface area contributed by atoms with Gasteiger partial charge in [-0.05, 0) is 61.6 Å². The highest BCUT2D eigenvalue weighted by Crippen LogP contribution is 2.18. The summed E-state index contributed by atoms with van der Waals surface area (Å²) in [5, 5.41) is 6.40. The van der Waals surface area contributed by atoms with E-state index in [0.29, 0.717) is 6.54 Å². The number of nitrogens with zero attached hydrogens (tertiary/aromatic N) is 1. The Kier molecular flexibility index (Phi) is 7.53. The Labute approximate surface area is 195 Å². The number of hydrogen-bond donors (Lipinski definition) is 2. The molecular weight excluding hydrogens is 410 g/mol. The maximum absolute atomic E-state index is 13.1. The van der Waals surface area contributed by atoms with Gasteiger partial charge in [-0.3, -0.25) is 14.9 Å². The largest absolute Gasteiger partial charge is 0.339 e. The molecule has 2 amide bonds. The van der Waals surface area contributed by atoms with Gasteiger partial charge >= 0.3 is 0 Å². The number of rotatable bonds is 7. The van der Waals surface area contributed by atoms with Crippen LogP contribution in [0.4, 0.5) is 5.69 Å². The quantitative estimate of drug-likeness (QED) is 0.537. The third-order valence-corrected chi connectivity index (χ3v) is 6.07. The summed E-state index contributed by atoms with van der Waals surface area (Å²) < 4.78 is 0. The average molecular weight is 442 g/mol. The van der Waals surface area contributed by atoms with Crippen LogP contribution >= 0.6 is 0 Å². The molecule has 3 aromatic carbocycles. The van der Waals surface area contributed by atoms with E-state index >= 15 is 0 Å². The number of amides is 2. The van der Waals surface area contributed by atoms with Crippen LogP contribution in [0.2, 0.25) is 0 Å². The van der Waals surface area contributed by atoms with Crippen molar-refractivity contribution in [2.24, 2.45) is 0 Å². The Hall–Kier alpha value is -3.44. The Bertz CT molecular complexity index is 1060. The number of aryl methyl sites for hydroxylation is 1. The van der Waals surface area contributed by atoms with Crippen LogP contribution in [0, 0.1) is 6.92 Å². The summed E-state index contributed by atoms with van der Waals surface area (Å²) in [6, 6.07) is 24.7. The zero-order valence-electron chi connectivity index (χ0n) is 19.1. The van der Waals surface area contributed by atoms with Crippen LogP contribution in [0.15, 0.2) is 78.9 Å². The molecule has 0 aliphatic carbocycles. The molecule has 1 heterocycles. The molecule has 2 N–H and O–H groups in total. The van der Waals surface area contributed by atoms with Crippen LogP contribution in [-0.4, -0.2) is 29.8 Å². The van der Waals surface area contributed by atoms with E-state index in [1.54, 1.807) is 0 Å². The van der Waals surface area contributed by atoms with E-state index in [0.717, 1.165) is 53.9 Å². The number of likely N-dealkylation sites (tertiary alicyclic amines) is 1. The summed E-state index contributed by atoms with van der Waals surface area (Å²) in [7, 11) is 0. The first-order valence-electron chi connectivity index (χ1n) is 11.6. The van der Waals surface area contributed by atoms with Crippen LogP contribution in [-0.2, 0) is 11.3 Å². The second-order valence-electron chi connectivity index (χ2n) is 8.63. The third kappa shape index (κ3) is 6.08. The summed E-state index contributed by atoms with van der Waals surface area (Å²) in [6.07, 6.45) is 3.37. The van der Waals surface area contributed by atoms with E-state index in [-0.39, 0.29) is 11.8 Å². The first kappa shape index (κ1) is 22.7. The van der Waals surface area contributed by atoms with Crippen molar-refractivity contribution >= 4 is 17.5 Å². The summed E-state index contributed by atoms with van der Waals surface area (Å²) in [6.45, 7) is 4.22. The number of carbonyl (C=O) groups excluding carboxylic acids is 2. The van der Waals surface area contributed by atoms with Crippen molar-refractivity contribution in [1.82, 2.24) is 10.2 Å². The van der Waals surface area contributed by atoms with Gasteiger partial charge in [0, 0.05) is 30.9 Å². The molecule has 170 valence electrons. The van der Waals surface area contributed by atoms with Crippen molar-refractivity contribution in [2.75, 3.05) is 18.4 Å². The van der Waals surface area contributed by atoms with Crippen LogP contribution in [0.5, 0.6) is 0 Å². The smallest absolute Gasteiger partial charge is 0.253 e. The standard InChI is InChI=1S/C28H31N3O2/c1-21-10-16-25(17-11-21)30-27(32)26(23-8-4-2-5-9-23)29-20-22-12-14-24(15-13-22)28(33)31-18-6-3-7-19-31/h2,4-5,8-17,26,29H,3,6-7,18-20H2,1H3,(H,30,32)/t26-/m0/s1. The molecule has 4 rings (SSSR count). The predicted molar refractivity (Wildman–Crippen MR) is 132 cm³/mol. The van der Waals surface area contributed by atoms with Gasteiger partial charge in [0.2, 0.25) is 5.91 Å². The number of nitrogens with one attached hydrogen (secondary N) is 2. The molecule has 33 heavy (non-hydrogen) atoms. The topological polar surface area (TPSA) is 61.4 Å². The fraction of sp³-hybridized carbons (Fsp3) is 0.286. The van der Waals surface area contributed by atoms with Crippen molar-refractivity contribution in [2.45, 2.75) is 38.8 Å². The Morgan fingerprint density at radius 3 is 2.18 bits per heavy atom. The van der Waals surface area contributed by atoms with Gasteiger partial charge in [0.25, 0.3) is 5.91 Å². The lowest BCUT2D eigenvalue weighted by Gasteiger charge is -2.26. The Balaban J connectivity index is 1.42. The lowest BCUT2D eigenvalue weighted by Crippen LogP contribution is -2.35. The molecule has 3 aromatic rings. The lowest BCUT2D eigenvalue weighted by molar-refractivity contribution is -0.118. The molecular formula is C28H31N3O2. The molecule has 0 saturated carbocycles. The predicted octanol–water partition coefficient (Wildman–Crippen LogP) is 5.09. The SMILES string of the molecule is Cc1ccc(NC(=O)[C@@H](NCc2ccc(C(=O)N3CCCCC3)cc2)c2ccccc2)cc1. The second-order valence-corrected chi connectivity index (χ2v) is 8.63. The van der Waals surface area contributed by atoms with E-state index in [2.05, 4.69) is 10.6 Å². The molecule has 5 nitrogen and oxygen atoms in total. The van der Waals surface area contributed by atoms with Gasteiger partial charge in [-0.15, -0.1) is 0 Å². The molecule has 1 atom stereocenters. The van der Waals surface area contributed by atoms with Crippen molar-refractivity contribution in [3.63, 3.8) is 0 Å². The Morgan fingerprint density at radius 1 is 0.848 bits per heavy atom. The first-order valence-corrected chi connectivity index (χ1v) is 11.6. The third-order valence-electron chi connectivity index (χ3n) is 6.07. The van der Waals surface area contributed by atoms with Gasteiger partial charge in [-0.2, -0.15) is 0 Å². The number of anilines is 1. The molecule has 1 saturated heterocycles. The van der Waals surface area contributed by atoms with Gasteiger partial charge in [0.15, 0.2) is 0 Å². The maximum atomic E-state index is 13.1. The zero-order valence-corrected chi connectivity index (χ0v) is 19.1. The van der Waals surface area contributed by atoms with E-state index < -0.39 is 6.04 Å². The first-order chi connectivity index (χ1) is 16.1. The van der Waals surface area contributed by atoms with Gasteiger partial charge < -0.3 is 10.2 Å². The van der Waals surface area contributed by atoms with E-state index in [4.69, 9.17) is 0 Å². The van der Waals surface area contributed by atoms with Crippen LogP contribution in [0.3, 0.4) is 0 Å². The molecule has 0 bridgehead atoms.